The summed E-state index contributed by atoms with van der Waals surface area (Å²) in [6.07, 6.45) is 1.11. The molecule has 3 nitrogen and oxygen atoms in total. The third-order valence-corrected chi connectivity index (χ3v) is 4.91. The Morgan fingerprint density at radius 3 is 2.63 bits per heavy atom. The van der Waals surface area contributed by atoms with Gasteiger partial charge in [0.1, 0.15) is 4.99 Å². The zero-order valence-corrected chi connectivity index (χ0v) is 12.6. The van der Waals surface area contributed by atoms with Crippen molar-refractivity contribution in [2.75, 3.05) is 18.8 Å². The smallest absolute Gasteiger partial charge is 0.253 e. The third kappa shape index (κ3) is 3.48. The summed E-state index contributed by atoms with van der Waals surface area (Å²) in [6.45, 7) is 3.84. The molecule has 0 aromatic heterocycles. The SMILES string of the molecule is CCC1CN(C(=O)c2ccc(C(N)=S)cc2)CCS1. The van der Waals surface area contributed by atoms with Crippen LogP contribution < -0.4 is 5.73 Å². The minimum atomic E-state index is 0.105. The standard InChI is InChI=1S/C14H18N2OS2/c1-2-12-9-16(7-8-19-12)14(17)11-5-3-10(4-6-11)13(15)18/h3-6,12H,2,7-9H2,1H3,(H2,15,18). The van der Waals surface area contributed by atoms with Crippen LogP contribution in [0.1, 0.15) is 29.3 Å². The van der Waals surface area contributed by atoms with E-state index in [-0.39, 0.29) is 5.91 Å². The van der Waals surface area contributed by atoms with Crippen LogP contribution in [0.25, 0.3) is 0 Å². The maximum atomic E-state index is 12.4. The quantitative estimate of drug-likeness (QED) is 0.869. The van der Waals surface area contributed by atoms with Gasteiger partial charge < -0.3 is 10.6 Å². The van der Waals surface area contributed by atoms with E-state index in [1.165, 1.54) is 0 Å². The van der Waals surface area contributed by atoms with Gasteiger partial charge in [0, 0.05) is 35.2 Å². The van der Waals surface area contributed by atoms with Crippen LogP contribution in [0, 0.1) is 0 Å². The normalized spacial score (nSPS) is 19.2. The van der Waals surface area contributed by atoms with E-state index in [2.05, 4.69) is 6.92 Å². The van der Waals surface area contributed by atoms with Crippen LogP contribution in [-0.2, 0) is 0 Å². The zero-order chi connectivity index (χ0) is 13.8. The highest BCUT2D eigenvalue weighted by molar-refractivity contribution is 8.00. The number of amides is 1. The Balaban J connectivity index is 2.08. The van der Waals surface area contributed by atoms with E-state index < -0.39 is 0 Å². The number of rotatable bonds is 3. The molecule has 2 rings (SSSR count). The van der Waals surface area contributed by atoms with Crippen molar-refractivity contribution in [1.82, 2.24) is 4.90 Å². The second kappa shape index (κ2) is 6.39. The Morgan fingerprint density at radius 2 is 2.05 bits per heavy atom. The fourth-order valence-corrected chi connectivity index (χ4v) is 3.43. The second-order valence-electron chi connectivity index (χ2n) is 4.59. The van der Waals surface area contributed by atoms with Crippen LogP contribution in [0.15, 0.2) is 24.3 Å². The summed E-state index contributed by atoms with van der Waals surface area (Å²) in [7, 11) is 0. The van der Waals surface area contributed by atoms with Gasteiger partial charge >= 0.3 is 0 Å². The number of carbonyl (C=O) groups excluding carboxylic acids is 1. The summed E-state index contributed by atoms with van der Waals surface area (Å²) < 4.78 is 0. The number of benzene rings is 1. The van der Waals surface area contributed by atoms with Gasteiger partial charge in [0.2, 0.25) is 0 Å². The second-order valence-corrected chi connectivity index (χ2v) is 6.44. The molecule has 1 saturated heterocycles. The van der Waals surface area contributed by atoms with Gasteiger partial charge in [0.15, 0.2) is 0 Å². The lowest BCUT2D eigenvalue weighted by atomic mass is 10.1. The van der Waals surface area contributed by atoms with Gasteiger partial charge in [-0.25, -0.2) is 0 Å². The highest BCUT2D eigenvalue weighted by atomic mass is 32.2. The molecule has 5 heteroatoms. The van der Waals surface area contributed by atoms with E-state index in [4.69, 9.17) is 18.0 Å². The van der Waals surface area contributed by atoms with Crippen LogP contribution in [0.2, 0.25) is 0 Å². The lowest BCUT2D eigenvalue weighted by Crippen LogP contribution is -2.41. The molecule has 2 N–H and O–H groups in total. The summed E-state index contributed by atoms with van der Waals surface area (Å²) in [5.41, 5.74) is 7.06. The first-order valence-corrected chi connectivity index (χ1v) is 7.88. The molecule has 1 unspecified atom stereocenters. The van der Waals surface area contributed by atoms with Crippen molar-refractivity contribution in [3.05, 3.63) is 35.4 Å². The predicted molar refractivity (Wildman–Crippen MR) is 84.8 cm³/mol. The van der Waals surface area contributed by atoms with E-state index in [1.54, 1.807) is 12.1 Å². The minimum Gasteiger partial charge on any atom is -0.389 e. The van der Waals surface area contributed by atoms with Gasteiger partial charge in [-0.3, -0.25) is 4.79 Å². The molecule has 19 heavy (non-hydrogen) atoms. The molecule has 1 aliphatic rings. The maximum absolute atomic E-state index is 12.4. The molecule has 1 heterocycles. The number of hydrogen-bond donors (Lipinski definition) is 1. The fourth-order valence-electron chi connectivity index (χ4n) is 2.11. The number of hydrogen-bond acceptors (Lipinski definition) is 3. The summed E-state index contributed by atoms with van der Waals surface area (Å²) >= 11 is 6.87. The van der Waals surface area contributed by atoms with Gasteiger partial charge in [0.05, 0.1) is 0 Å². The first-order chi connectivity index (χ1) is 9.11. The van der Waals surface area contributed by atoms with Gasteiger partial charge in [-0.15, -0.1) is 0 Å². The average molecular weight is 294 g/mol. The Hall–Kier alpha value is -1.07. The monoisotopic (exact) mass is 294 g/mol. The molecule has 0 saturated carbocycles. The lowest BCUT2D eigenvalue weighted by molar-refractivity contribution is 0.0761. The van der Waals surface area contributed by atoms with Crippen LogP contribution in [0.3, 0.4) is 0 Å². The molecule has 0 aliphatic carbocycles. The summed E-state index contributed by atoms with van der Waals surface area (Å²) in [6, 6.07) is 7.23. The van der Waals surface area contributed by atoms with E-state index in [0.29, 0.717) is 15.8 Å². The van der Waals surface area contributed by atoms with E-state index in [9.17, 15) is 4.79 Å². The molecular formula is C14H18N2OS2. The van der Waals surface area contributed by atoms with Crippen LogP contribution in [0.5, 0.6) is 0 Å². The molecule has 1 aliphatic heterocycles. The molecule has 1 atom stereocenters. The molecular weight excluding hydrogens is 276 g/mol. The van der Waals surface area contributed by atoms with Gasteiger partial charge in [-0.1, -0.05) is 31.3 Å². The lowest BCUT2D eigenvalue weighted by Gasteiger charge is -2.32. The Morgan fingerprint density at radius 1 is 1.42 bits per heavy atom. The summed E-state index contributed by atoms with van der Waals surface area (Å²) in [5, 5.41) is 0.564. The van der Waals surface area contributed by atoms with Crippen molar-refractivity contribution in [3.63, 3.8) is 0 Å². The number of nitrogens with zero attached hydrogens (tertiary/aromatic N) is 1. The van der Waals surface area contributed by atoms with E-state index in [0.717, 1.165) is 30.8 Å². The van der Waals surface area contributed by atoms with E-state index in [1.807, 2.05) is 28.8 Å². The van der Waals surface area contributed by atoms with Gasteiger partial charge in [-0.2, -0.15) is 11.8 Å². The van der Waals surface area contributed by atoms with Crippen LogP contribution >= 0.6 is 24.0 Å². The van der Waals surface area contributed by atoms with Crippen molar-refractivity contribution >= 4 is 34.9 Å². The fraction of sp³-hybridized carbons (Fsp3) is 0.429. The maximum Gasteiger partial charge on any atom is 0.253 e. The van der Waals surface area contributed by atoms with Crippen molar-refractivity contribution in [2.24, 2.45) is 5.73 Å². The zero-order valence-electron chi connectivity index (χ0n) is 11.0. The van der Waals surface area contributed by atoms with Crippen LogP contribution in [0.4, 0.5) is 0 Å². The molecule has 1 fully saturated rings. The van der Waals surface area contributed by atoms with Crippen molar-refractivity contribution in [1.29, 1.82) is 0 Å². The summed E-state index contributed by atoms with van der Waals surface area (Å²) in [5.74, 6) is 1.13. The number of nitrogens with two attached hydrogens (primary N) is 1. The molecule has 1 amide bonds. The third-order valence-electron chi connectivity index (χ3n) is 3.30. The largest absolute Gasteiger partial charge is 0.389 e. The molecule has 1 aromatic rings. The molecule has 0 spiro atoms. The highest BCUT2D eigenvalue weighted by Gasteiger charge is 2.23. The van der Waals surface area contributed by atoms with Crippen molar-refractivity contribution < 1.29 is 4.79 Å². The topological polar surface area (TPSA) is 46.3 Å². The molecule has 102 valence electrons. The number of thioether (sulfide) groups is 1. The number of carbonyl (C=O) groups is 1. The highest BCUT2D eigenvalue weighted by Crippen LogP contribution is 2.22. The number of thiocarbonyl (C=S) groups is 1. The van der Waals surface area contributed by atoms with Crippen molar-refractivity contribution in [2.45, 2.75) is 18.6 Å². The van der Waals surface area contributed by atoms with E-state index >= 15 is 0 Å². The summed E-state index contributed by atoms with van der Waals surface area (Å²) in [4.78, 5) is 14.7. The Bertz CT molecular complexity index is 473. The first kappa shape index (κ1) is 14.3. The first-order valence-electron chi connectivity index (χ1n) is 6.42. The van der Waals surface area contributed by atoms with Crippen molar-refractivity contribution in [3.8, 4) is 0 Å². The average Bonchev–Trinajstić information content (AvgIpc) is 2.46. The molecule has 0 radical (unpaired) electrons. The minimum absolute atomic E-state index is 0.105. The van der Waals surface area contributed by atoms with Gasteiger partial charge in [-0.05, 0) is 18.6 Å². The molecule has 1 aromatic carbocycles. The van der Waals surface area contributed by atoms with Crippen LogP contribution in [-0.4, -0.2) is 39.9 Å². The predicted octanol–water partition coefficient (Wildman–Crippen LogP) is 2.29. The molecule has 0 bridgehead atoms. The van der Waals surface area contributed by atoms with Gasteiger partial charge in [0.25, 0.3) is 5.91 Å². The Labute approximate surface area is 123 Å². The Kier molecular flexibility index (Phi) is 4.82.